The molecule has 0 atom stereocenters. The molecule has 1 saturated carbocycles. The number of aliphatic hydroxyl groups is 1. The van der Waals surface area contributed by atoms with Crippen LogP contribution in [-0.4, -0.2) is 33.8 Å². The van der Waals surface area contributed by atoms with E-state index < -0.39 is 5.60 Å². The Bertz CT molecular complexity index is 513. The highest BCUT2D eigenvalue weighted by Gasteiger charge is 2.52. The number of nitrogens with zero attached hydrogens (tertiary/aromatic N) is 2. The maximum atomic E-state index is 11.6. The molecule has 0 radical (unpaired) electrons. The van der Waals surface area contributed by atoms with Crippen LogP contribution in [0.25, 0.3) is 0 Å². The first kappa shape index (κ1) is 11.7. The van der Waals surface area contributed by atoms with Gasteiger partial charge in [-0.2, -0.15) is 0 Å². The SMILES string of the molecule is CC(C)c1nc(N2CC(O)(C3CC3)C2)cc(=O)[nH]1. The minimum absolute atomic E-state index is 0.120. The molecule has 0 bridgehead atoms. The van der Waals surface area contributed by atoms with Gasteiger partial charge < -0.3 is 15.0 Å². The molecule has 98 valence electrons. The quantitative estimate of drug-likeness (QED) is 0.833. The van der Waals surface area contributed by atoms with Gasteiger partial charge in [0.2, 0.25) is 0 Å². The first-order chi connectivity index (χ1) is 8.48. The third-order valence-corrected chi connectivity index (χ3v) is 3.88. The Hall–Kier alpha value is -1.36. The molecule has 1 aliphatic heterocycles. The Morgan fingerprint density at radius 3 is 2.72 bits per heavy atom. The summed E-state index contributed by atoms with van der Waals surface area (Å²) < 4.78 is 0. The van der Waals surface area contributed by atoms with E-state index in [0.29, 0.717) is 30.6 Å². The molecule has 0 unspecified atom stereocenters. The van der Waals surface area contributed by atoms with E-state index in [-0.39, 0.29) is 11.5 Å². The lowest BCUT2D eigenvalue weighted by Gasteiger charge is -2.47. The lowest BCUT2D eigenvalue weighted by molar-refractivity contribution is -0.00978. The molecular formula is C13H19N3O2. The van der Waals surface area contributed by atoms with Crippen molar-refractivity contribution < 1.29 is 5.11 Å². The number of H-pyrrole nitrogens is 1. The molecule has 2 heterocycles. The topological polar surface area (TPSA) is 69.2 Å². The fourth-order valence-electron chi connectivity index (χ4n) is 2.55. The molecule has 5 heteroatoms. The number of rotatable bonds is 3. The van der Waals surface area contributed by atoms with E-state index in [0.717, 1.165) is 12.8 Å². The predicted molar refractivity (Wildman–Crippen MR) is 68.8 cm³/mol. The monoisotopic (exact) mass is 249 g/mol. The van der Waals surface area contributed by atoms with Crippen LogP contribution < -0.4 is 10.5 Å². The van der Waals surface area contributed by atoms with E-state index in [9.17, 15) is 9.90 Å². The number of hydrogen-bond donors (Lipinski definition) is 2. The first-order valence-corrected chi connectivity index (χ1v) is 6.56. The van der Waals surface area contributed by atoms with Gasteiger partial charge in [0.1, 0.15) is 17.2 Å². The molecule has 2 fully saturated rings. The summed E-state index contributed by atoms with van der Waals surface area (Å²) in [6, 6.07) is 1.51. The van der Waals surface area contributed by atoms with Gasteiger partial charge in [0.15, 0.2) is 0 Å². The van der Waals surface area contributed by atoms with Gasteiger partial charge in [-0.05, 0) is 18.8 Å². The molecule has 0 aromatic carbocycles. The zero-order valence-electron chi connectivity index (χ0n) is 10.8. The number of nitrogens with one attached hydrogen (secondary N) is 1. The molecule has 1 saturated heterocycles. The molecule has 5 nitrogen and oxygen atoms in total. The molecule has 2 aliphatic rings. The Morgan fingerprint density at radius 1 is 1.50 bits per heavy atom. The lowest BCUT2D eigenvalue weighted by Crippen LogP contribution is -2.63. The van der Waals surface area contributed by atoms with Crippen LogP contribution in [0.15, 0.2) is 10.9 Å². The Labute approximate surface area is 106 Å². The van der Waals surface area contributed by atoms with Gasteiger partial charge in [0, 0.05) is 12.0 Å². The van der Waals surface area contributed by atoms with E-state index in [1.54, 1.807) is 0 Å². The van der Waals surface area contributed by atoms with Crippen molar-refractivity contribution in [2.24, 2.45) is 5.92 Å². The van der Waals surface area contributed by atoms with Crippen LogP contribution in [-0.2, 0) is 0 Å². The van der Waals surface area contributed by atoms with Crippen molar-refractivity contribution in [2.75, 3.05) is 18.0 Å². The highest BCUT2D eigenvalue weighted by atomic mass is 16.3. The van der Waals surface area contributed by atoms with Crippen molar-refractivity contribution in [3.8, 4) is 0 Å². The van der Waals surface area contributed by atoms with Crippen LogP contribution in [0.3, 0.4) is 0 Å². The maximum Gasteiger partial charge on any atom is 0.252 e. The zero-order chi connectivity index (χ0) is 12.9. The van der Waals surface area contributed by atoms with E-state index >= 15 is 0 Å². The minimum Gasteiger partial charge on any atom is -0.386 e. The van der Waals surface area contributed by atoms with Crippen LogP contribution >= 0.6 is 0 Å². The summed E-state index contributed by atoms with van der Waals surface area (Å²) in [5, 5.41) is 10.3. The molecule has 1 aromatic rings. The average molecular weight is 249 g/mol. The Morgan fingerprint density at radius 2 is 2.17 bits per heavy atom. The smallest absolute Gasteiger partial charge is 0.252 e. The van der Waals surface area contributed by atoms with Crippen molar-refractivity contribution >= 4 is 5.82 Å². The summed E-state index contributed by atoms with van der Waals surface area (Å²) in [7, 11) is 0. The second kappa shape index (κ2) is 3.82. The number of aromatic nitrogens is 2. The molecule has 1 aromatic heterocycles. The molecular weight excluding hydrogens is 230 g/mol. The largest absolute Gasteiger partial charge is 0.386 e. The highest BCUT2D eigenvalue weighted by Crippen LogP contribution is 2.45. The molecule has 2 N–H and O–H groups in total. The van der Waals surface area contributed by atoms with Crippen molar-refractivity contribution in [1.82, 2.24) is 9.97 Å². The highest BCUT2D eigenvalue weighted by molar-refractivity contribution is 5.44. The Kier molecular flexibility index (Phi) is 2.48. The zero-order valence-corrected chi connectivity index (χ0v) is 10.8. The average Bonchev–Trinajstić information content (AvgIpc) is 3.07. The summed E-state index contributed by atoms with van der Waals surface area (Å²) in [4.78, 5) is 20.8. The van der Waals surface area contributed by atoms with E-state index in [4.69, 9.17) is 0 Å². The van der Waals surface area contributed by atoms with E-state index in [2.05, 4.69) is 9.97 Å². The summed E-state index contributed by atoms with van der Waals surface area (Å²) in [5.74, 6) is 2.05. The van der Waals surface area contributed by atoms with Gasteiger partial charge >= 0.3 is 0 Å². The molecule has 1 aliphatic carbocycles. The van der Waals surface area contributed by atoms with Crippen LogP contribution in [0.1, 0.15) is 38.4 Å². The summed E-state index contributed by atoms with van der Waals surface area (Å²) in [5.41, 5.74) is -0.659. The van der Waals surface area contributed by atoms with E-state index in [1.165, 1.54) is 6.07 Å². The van der Waals surface area contributed by atoms with Crippen molar-refractivity contribution in [2.45, 2.75) is 38.2 Å². The third kappa shape index (κ3) is 1.92. The van der Waals surface area contributed by atoms with Gasteiger partial charge in [-0.1, -0.05) is 13.8 Å². The van der Waals surface area contributed by atoms with Crippen LogP contribution in [0, 0.1) is 5.92 Å². The molecule has 0 amide bonds. The second-order valence-corrected chi connectivity index (χ2v) is 5.88. The number of aromatic amines is 1. The fourth-order valence-corrected chi connectivity index (χ4v) is 2.55. The normalized spacial score (nSPS) is 22.1. The standard InChI is InChI=1S/C13H19N3O2/c1-8(2)12-14-10(5-11(17)15-12)16-6-13(18,7-16)9-3-4-9/h5,8-9,18H,3-4,6-7H2,1-2H3,(H,14,15,17). The summed E-state index contributed by atoms with van der Waals surface area (Å²) in [6.07, 6.45) is 2.26. The number of β-amino-alcohol motifs (C(OH)–C–C–N with tert-alkyl or cyclic N) is 1. The van der Waals surface area contributed by atoms with Gasteiger partial charge in [0.25, 0.3) is 5.56 Å². The van der Waals surface area contributed by atoms with Crippen molar-refractivity contribution in [3.63, 3.8) is 0 Å². The number of anilines is 1. The van der Waals surface area contributed by atoms with Crippen molar-refractivity contribution in [1.29, 1.82) is 0 Å². The fraction of sp³-hybridized carbons (Fsp3) is 0.692. The van der Waals surface area contributed by atoms with Crippen molar-refractivity contribution in [3.05, 3.63) is 22.2 Å². The third-order valence-electron chi connectivity index (χ3n) is 3.88. The van der Waals surface area contributed by atoms with Gasteiger partial charge in [-0.3, -0.25) is 4.79 Å². The summed E-state index contributed by atoms with van der Waals surface area (Å²) in [6.45, 7) is 5.20. The van der Waals surface area contributed by atoms with E-state index in [1.807, 2.05) is 18.7 Å². The lowest BCUT2D eigenvalue weighted by atomic mass is 9.89. The summed E-state index contributed by atoms with van der Waals surface area (Å²) >= 11 is 0. The Balaban J connectivity index is 1.79. The van der Waals surface area contributed by atoms with Gasteiger partial charge in [0.05, 0.1) is 13.1 Å². The van der Waals surface area contributed by atoms with Gasteiger partial charge in [-0.15, -0.1) is 0 Å². The number of hydrogen-bond acceptors (Lipinski definition) is 4. The van der Waals surface area contributed by atoms with Gasteiger partial charge in [-0.25, -0.2) is 4.98 Å². The van der Waals surface area contributed by atoms with Crippen LogP contribution in [0.4, 0.5) is 5.82 Å². The predicted octanol–water partition coefficient (Wildman–Crippen LogP) is 0.854. The molecule has 18 heavy (non-hydrogen) atoms. The minimum atomic E-state index is -0.539. The molecule has 3 rings (SSSR count). The molecule has 0 spiro atoms. The first-order valence-electron chi connectivity index (χ1n) is 6.56. The maximum absolute atomic E-state index is 11.6. The van der Waals surface area contributed by atoms with Crippen LogP contribution in [0.5, 0.6) is 0 Å². The second-order valence-electron chi connectivity index (χ2n) is 5.88. The van der Waals surface area contributed by atoms with Crippen LogP contribution in [0.2, 0.25) is 0 Å².